The molecule has 0 aliphatic carbocycles. The molecule has 2 aliphatic rings. The molecule has 0 aromatic heterocycles. The molecule has 0 saturated heterocycles. The molecule has 0 fully saturated rings. The molecule has 0 amide bonds. The van der Waals surface area contributed by atoms with Gasteiger partial charge in [0, 0.05) is 10.5 Å². The second-order valence-electron chi connectivity index (χ2n) is 8.69. The van der Waals surface area contributed by atoms with Crippen molar-refractivity contribution in [2.45, 2.75) is 102 Å². The van der Waals surface area contributed by atoms with Gasteiger partial charge in [-0.15, -0.1) is 23.5 Å². The van der Waals surface area contributed by atoms with Gasteiger partial charge in [0.25, 0.3) is 0 Å². The minimum Gasteiger partial charge on any atom is -0.109 e. The fourth-order valence-electron chi connectivity index (χ4n) is 4.26. The van der Waals surface area contributed by atoms with Gasteiger partial charge in [-0.1, -0.05) is 89.4 Å². The van der Waals surface area contributed by atoms with E-state index in [4.69, 9.17) is 0 Å². The van der Waals surface area contributed by atoms with E-state index in [0.29, 0.717) is 28.8 Å². The van der Waals surface area contributed by atoms with Gasteiger partial charge in [0.1, 0.15) is 0 Å². The molecule has 6 heteroatoms. The van der Waals surface area contributed by atoms with E-state index >= 15 is 0 Å². The molecule has 2 rings (SSSR count). The molecule has 2 heterocycles. The first-order valence-corrected chi connectivity index (χ1v) is 18.1. The number of thioether (sulfide) groups is 2. The number of hydrogen-bond donors (Lipinski definition) is 0. The Kier molecular flexibility index (Phi) is 14.0. The summed E-state index contributed by atoms with van der Waals surface area (Å²) in [7, 11) is 0.827. The maximum Gasteiger partial charge on any atom is 0.0508 e. The number of unbranched alkanes of at least 4 members (excludes halogenated alkanes) is 2. The quantitative estimate of drug-likeness (QED) is 0.194. The Bertz CT molecular complexity index is 602. The van der Waals surface area contributed by atoms with E-state index < -0.39 is 0 Å². The molecule has 0 bridgehead atoms. The highest BCUT2D eigenvalue weighted by Crippen LogP contribution is 2.45. The van der Waals surface area contributed by atoms with E-state index in [2.05, 4.69) is 95.2 Å². The highest BCUT2D eigenvalue weighted by atomic mass is 79.9. The molecular formula is C24H40Br2S2Si2. The van der Waals surface area contributed by atoms with Crippen LogP contribution < -0.4 is 0 Å². The molecule has 30 heavy (non-hydrogen) atoms. The summed E-state index contributed by atoms with van der Waals surface area (Å²) in [5, 5.41) is 4.86. The van der Waals surface area contributed by atoms with Crippen LogP contribution >= 0.6 is 55.4 Å². The van der Waals surface area contributed by atoms with E-state index in [1.54, 1.807) is 10.3 Å². The number of hydrogen-bond acceptors (Lipinski definition) is 2. The first kappa shape index (κ1) is 27.6. The third kappa shape index (κ3) is 8.92. The van der Waals surface area contributed by atoms with Crippen LogP contribution in [0.5, 0.6) is 0 Å². The first-order valence-electron chi connectivity index (χ1n) is 12.0. The molecule has 0 aromatic carbocycles. The van der Waals surface area contributed by atoms with Gasteiger partial charge >= 0.3 is 0 Å². The maximum absolute atomic E-state index is 3.85. The van der Waals surface area contributed by atoms with Gasteiger partial charge in [-0.05, 0) is 86.2 Å². The molecule has 2 aliphatic heterocycles. The van der Waals surface area contributed by atoms with Crippen molar-refractivity contribution in [1.82, 2.24) is 0 Å². The Hall–Kier alpha value is 1.31. The second kappa shape index (κ2) is 15.3. The summed E-state index contributed by atoms with van der Waals surface area (Å²) in [5.74, 6) is 1.87. The summed E-state index contributed by atoms with van der Waals surface area (Å²) in [6.45, 7) is 9.43. The van der Waals surface area contributed by atoms with Crippen molar-refractivity contribution in [1.29, 1.82) is 0 Å². The van der Waals surface area contributed by atoms with Crippen LogP contribution in [0.3, 0.4) is 0 Å². The van der Waals surface area contributed by atoms with E-state index in [-0.39, 0.29) is 0 Å². The van der Waals surface area contributed by atoms with Gasteiger partial charge < -0.3 is 0 Å². The van der Waals surface area contributed by atoms with Gasteiger partial charge in [-0.3, -0.25) is 0 Å². The lowest BCUT2D eigenvalue weighted by molar-refractivity contribution is 0.491. The Morgan fingerprint density at radius 2 is 1.17 bits per heavy atom. The summed E-state index contributed by atoms with van der Waals surface area (Å²) in [4.78, 5) is 0. The third-order valence-electron chi connectivity index (χ3n) is 6.43. The summed E-state index contributed by atoms with van der Waals surface area (Å²) < 4.78 is 2.73. The molecular weight excluding hydrogens is 568 g/mol. The fraction of sp³-hybridized carbons (Fsp3) is 0.750. The monoisotopic (exact) mass is 606 g/mol. The van der Waals surface area contributed by atoms with Crippen molar-refractivity contribution >= 4 is 84.0 Å². The number of allylic oxidation sites excluding steroid dienone is 2. The maximum atomic E-state index is 3.85. The van der Waals surface area contributed by atoms with E-state index in [9.17, 15) is 0 Å². The Morgan fingerprint density at radius 3 is 1.50 bits per heavy atom. The van der Waals surface area contributed by atoms with Crippen LogP contribution in [-0.2, 0) is 0 Å². The first-order chi connectivity index (χ1) is 14.5. The lowest BCUT2D eigenvalue weighted by Crippen LogP contribution is -2.33. The summed E-state index contributed by atoms with van der Waals surface area (Å²) >= 11 is 11.9. The molecule has 4 unspecified atom stereocenters. The van der Waals surface area contributed by atoms with E-state index in [1.807, 2.05) is 0 Å². The van der Waals surface area contributed by atoms with Crippen LogP contribution in [-0.4, -0.2) is 39.1 Å². The van der Waals surface area contributed by atoms with Crippen molar-refractivity contribution in [2.24, 2.45) is 11.8 Å². The van der Waals surface area contributed by atoms with Gasteiger partial charge in [-0.2, -0.15) is 0 Å². The lowest BCUT2D eigenvalue weighted by Gasteiger charge is -2.22. The number of halogens is 2. The van der Waals surface area contributed by atoms with Crippen LogP contribution in [0.25, 0.3) is 0 Å². The van der Waals surface area contributed by atoms with Crippen LogP contribution in [0.1, 0.15) is 79.1 Å². The summed E-state index contributed by atoms with van der Waals surface area (Å²) in [6.07, 6.45) is 16.0. The highest BCUT2D eigenvalue weighted by Gasteiger charge is 2.35. The molecule has 170 valence electrons. The molecule has 0 nitrogen and oxygen atoms in total. The van der Waals surface area contributed by atoms with Crippen LogP contribution in [0, 0.1) is 11.8 Å². The van der Waals surface area contributed by atoms with E-state index in [1.165, 1.54) is 71.1 Å². The third-order valence-corrected chi connectivity index (χ3v) is 14.7. The molecule has 4 atom stereocenters. The van der Waals surface area contributed by atoms with Crippen molar-refractivity contribution in [3.05, 3.63) is 19.8 Å². The topological polar surface area (TPSA) is 0 Å². The molecule has 0 N–H and O–H groups in total. The van der Waals surface area contributed by atoms with Gasteiger partial charge in [0.05, 0.1) is 7.63 Å². The molecule has 0 aromatic rings. The van der Waals surface area contributed by atoms with Crippen molar-refractivity contribution in [2.75, 3.05) is 0 Å². The average Bonchev–Trinajstić information content (AvgIpc) is 3.29. The zero-order valence-corrected chi connectivity index (χ0v) is 26.4. The molecule has 0 spiro atoms. The standard InChI is InChI=1S/C24H40Br2S2Si2/c1-5-9-11-17(7-3)15-29-19-13-21(25)27-23(19)24-20(14-22(26)28-24)30-16-18(8-4)12-10-6-2/h13-14,17-18,23-24,29-30H,5-12,15-16H2,1-4H3/b29-19+,30-20+. The minimum absolute atomic E-state index is 0.414. The van der Waals surface area contributed by atoms with Gasteiger partial charge in [0.2, 0.25) is 0 Å². The smallest absolute Gasteiger partial charge is 0.0508 e. The van der Waals surface area contributed by atoms with Gasteiger partial charge in [-0.25, -0.2) is 0 Å². The summed E-state index contributed by atoms with van der Waals surface area (Å²) in [6, 6.07) is 2.89. The predicted octanol–water partition coefficient (Wildman–Crippen LogP) is 8.18. The lowest BCUT2D eigenvalue weighted by atomic mass is 10.0. The van der Waals surface area contributed by atoms with Crippen molar-refractivity contribution in [3.63, 3.8) is 0 Å². The normalized spacial score (nSPS) is 26.3. The van der Waals surface area contributed by atoms with Gasteiger partial charge in [0.15, 0.2) is 0 Å². The Balaban J connectivity index is 2.10. The minimum atomic E-state index is 0.414. The van der Waals surface area contributed by atoms with Crippen molar-refractivity contribution in [3.8, 4) is 0 Å². The second-order valence-corrected chi connectivity index (χ2v) is 16.9. The SMILES string of the molecule is CCCCC(CC)C/[SiH]=C1\C=C(Br)SC1C1SC(Br)=C/C1=[SiH]\CC(CC)CCCC. The van der Waals surface area contributed by atoms with Crippen LogP contribution in [0.4, 0.5) is 0 Å². The molecule has 0 radical (unpaired) electrons. The Labute approximate surface area is 215 Å². The zero-order valence-electron chi connectivity index (χ0n) is 19.3. The fourth-order valence-corrected chi connectivity index (χ4v) is 14.0. The van der Waals surface area contributed by atoms with Crippen LogP contribution in [0.2, 0.25) is 12.1 Å². The predicted molar refractivity (Wildman–Crippen MR) is 157 cm³/mol. The van der Waals surface area contributed by atoms with Crippen molar-refractivity contribution < 1.29 is 0 Å². The summed E-state index contributed by atoms with van der Waals surface area (Å²) in [5.41, 5.74) is 0. The molecule has 0 saturated carbocycles. The van der Waals surface area contributed by atoms with E-state index in [0.717, 1.165) is 11.8 Å². The largest absolute Gasteiger partial charge is 0.109 e. The number of rotatable bonds is 13. The van der Waals surface area contributed by atoms with Crippen LogP contribution in [0.15, 0.2) is 19.8 Å². The zero-order chi connectivity index (χ0) is 21.9. The average molecular weight is 609 g/mol. The Morgan fingerprint density at radius 1 is 0.767 bits per heavy atom. The highest BCUT2D eigenvalue weighted by molar-refractivity contribution is 9.14.